The number of aryl methyl sites for hydroxylation is 2. The minimum atomic E-state index is -0.591. The predicted octanol–water partition coefficient (Wildman–Crippen LogP) is 2.12. The molecule has 3 amide bonds. The van der Waals surface area contributed by atoms with Gasteiger partial charge in [0.1, 0.15) is 17.6 Å². The van der Waals surface area contributed by atoms with E-state index in [2.05, 4.69) is 15.6 Å². The number of pyridine rings is 1. The molecule has 2 atom stereocenters. The minimum absolute atomic E-state index is 0.123. The molecular formula is C32H36N4O8. The fourth-order valence-corrected chi connectivity index (χ4v) is 5.42. The molecule has 44 heavy (non-hydrogen) atoms. The van der Waals surface area contributed by atoms with E-state index >= 15 is 0 Å². The van der Waals surface area contributed by atoms with Crippen LogP contribution in [0.15, 0.2) is 53.3 Å². The van der Waals surface area contributed by atoms with E-state index in [-0.39, 0.29) is 49.1 Å². The van der Waals surface area contributed by atoms with Crippen LogP contribution in [-0.2, 0) is 22.6 Å². The van der Waals surface area contributed by atoms with E-state index in [1.165, 1.54) is 13.2 Å². The van der Waals surface area contributed by atoms with Crippen LogP contribution >= 0.6 is 0 Å². The predicted molar refractivity (Wildman–Crippen MR) is 160 cm³/mol. The van der Waals surface area contributed by atoms with Crippen LogP contribution in [-0.4, -0.2) is 73.7 Å². The number of rotatable bonds is 3. The van der Waals surface area contributed by atoms with Gasteiger partial charge in [-0.1, -0.05) is 6.07 Å². The summed E-state index contributed by atoms with van der Waals surface area (Å²) in [7, 11) is 3.05. The summed E-state index contributed by atoms with van der Waals surface area (Å²) in [5.74, 6) is 1.04. The summed E-state index contributed by atoms with van der Waals surface area (Å²) in [6.07, 6.45) is 0.642. The second-order valence-electron chi connectivity index (χ2n) is 10.8. The Hall–Kier alpha value is -5.00. The third-order valence-corrected chi connectivity index (χ3v) is 7.66. The van der Waals surface area contributed by atoms with E-state index < -0.39 is 18.1 Å². The lowest BCUT2D eigenvalue weighted by atomic mass is 10.0. The zero-order valence-corrected chi connectivity index (χ0v) is 24.9. The number of methoxy groups -OCH3 is 2. The summed E-state index contributed by atoms with van der Waals surface area (Å²) in [6.45, 7) is 2.18. The van der Waals surface area contributed by atoms with Crippen molar-refractivity contribution >= 4 is 17.7 Å². The highest BCUT2D eigenvalue weighted by molar-refractivity contribution is 5.94. The Morgan fingerprint density at radius 3 is 2.55 bits per heavy atom. The molecule has 232 valence electrons. The summed E-state index contributed by atoms with van der Waals surface area (Å²) in [6, 6.07) is 13.0. The molecule has 3 N–H and O–H groups in total. The van der Waals surface area contributed by atoms with Gasteiger partial charge >= 0.3 is 0 Å². The van der Waals surface area contributed by atoms with Crippen molar-refractivity contribution in [1.29, 1.82) is 0 Å². The van der Waals surface area contributed by atoms with E-state index in [4.69, 9.17) is 18.9 Å². The van der Waals surface area contributed by atoms with Crippen molar-refractivity contribution in [2.75, 3.05) is 33.9 Å². The molecule has 0 aliphatic carbocycles. The van der Waals surface area contributed by atoms with Crippen LogP contribution in [0.1, 0.15) is 40.0 Å². The van der Waals surface area contributed by atoms with Gasteiger partial charge in [-0.3, -0.25) is 19.2 Å². The van der Waals surface area contributed by atoms with E-state index in [1.807, 2.05) is 12.1 Å². The maximum absolute atomic E-state index is 13.4. The Kier molecular flexibility index (Phi) is 9.37. The SMILES string of the molecule is COc1cc2ccc1CNC(=O)CCc1ccc(OC)c(c1)OCC(=O)N[C@@H]1CN(C(=O)c3cc(C)[nH]c(=O)c3)CC[C@@H]1O2. The number of amides is 3. The highest BCUT2D eigenvalue weighted by Gasteiger charge is 2.35. The van der Waals surface area contributed by atoms with Crippen LogP contribution in [0.4, 0.5) is 0 Å². The molecule has 1 aromatic heterocycles. The van der Waals surface area contributed by atoms with Crippen molar-refractivity contribution in [2.24, 2.45) is 0 Å². The van der Waals surface area contributed by atoms with Crippen molar-refractivity contribution in [1.82, 2.24) is 20.5 Å². The molecular weight excluding hydrogens is 568 g/mol. The molecule has 12 heteroatoms. The largest absolute Gasteiger partial charge is 0.496 e. The van der Waals surface area contributed by atoms with Crippen LogP contribution in [0, 0.1) is 6.92 Å². The number of H-pyrrole nitrogens is 1. The molecule has 1 saturated heterocycles. The number of hydrogen-bond donors (Lipinski definition) is 3. The zero-order chi connectivity index (χ0) is 31.2. The average Bonchev–Trinajstić information content (AvgIpc) is 3.01. The van der Waals surface area contributed by atoms with Crippen LogP contribution in [0.5, 0.6) is 23.0 Å². The first-order valence-corrected chi connectivity index (χ1v) is 14.4. The van der Waals surface area contributed by atoms with Crippen LogP contribution in [0.25, 0.3) is 0 Å². The number of aromatic amines is 1. The van der Waals surface area contributed by atoms with Crippen LogP contribution in [0.3, 0.4) is 0 Å². The Balaban J connectivity index is 1.43. The monoisotopic (exact) mass is 604 g/mol. The summed E-state index contributed by atoms with van der Waals surface area (Å²) in [5, 5.41) is 5.92. The van der Waals surface area contributed by atoms with E-state index in [9.17, 15) is 19.2 Å². The van der Waals surface area contributed by atoms with Crippen LogP contribution in [0.2, 0.25) is 0 Å². The van der Waals surface area contributed by atoms with E-state index in [1.54, 1.807) is 49.3 Å². The molecule has 2 aromatic carbocycles. The number of benzene rings is 2. The molecule has 0 unspecified atom stereocenters. The molecule has 0 spiro atoms. The van der Waals surface area contributed by atoms with Gasteiger partial charge in [-0.05, 0) is 49.2 Å². The standard InChI is InChI=1S/C32H36N4O8/c1-19-12-22(14-30(38)34-19)32(40)36-11-10-25-24(17-36)35-31(39)18-43-28-13-20(4-8-26(28)41-2)5-9-29(37)33-16-21-6-7-23(44-25)15-27(21)42-3/h4,6-8,12-15,24-25H,5,9-11,16-18H2,1-3H3,(H,33,37)(H,34,38)(H,35,39)/t24-,25+/m1/s1. The van der Waals surface area contributed by atoms with Crippen molar-refractivity contribution in [3.8, 4) is 23.0 Å². The topological polar surface area (TPSA) is 148 Å². The molecule has 4 bridgehead atoms. The molecule has 0 radical (unpaired) electrons. The number of hydrogen-bond acceptors (Lipinski definition) is 8. The molecule has 6 rings (SSSR count). The van der Waals surface area contributed by atoms with Crippen LogP contribution < -0.4 is 35.1 Å². The van der Waals surface area contributed by atoms with Gasteiger partial charge in [0.05, 0.1) is 20.3 Å². The summed E-state index contributed by atoms with van der Waals surface area (Å²) in [5.41, 5.74) is 2.12. The summed E-state index contributed by atoms with van der Waals surface area (Å²) in [4.78, 5) is 55.5. The second-order valence-corrected chi connectivity index (χ2v) is 10.8. The number of carbonyl (C=O) groups is 3. The lowest BCUT2D eigenvalue weighted by molar-refractivity contribution is -0.125. The number of fused-ring (bicyclic) bond motifs is 9. The zero-order valence-electron chi connectivity index (χ0n) is 24.9. The van der Waals surface area contributed by atoms with Gasteiger partial charge in [-0.15, -0.1) is 0 Å². The third kappa shape index (κ3) is 7.31. The van der Waals surface area contributed by atoms with Gasteiger partial charge in [0, 0.05) is 61.4 Å². The van der Waals surface area contributed by atoms with Gasteiger partial charge in [-0.2, -0.15) is 0 Å². The first-order valence-electron chi connectivity index (χ1n) is 14.4. The fraction of sp³-hybridized carbons (Fsp3) is 0.375. The Morgan fingerprint density at radius 2 is 1.77 bits per heavy atom. The van der Waals surface area contributed by atoms with E-state index in [0.717, 1.165) is 11.1 Å². The molecule has 12 nitrogen and oxygen atoms in total. The van der Waals surface area contributed by atoms with E-state index in [0.29, 0.717) is 48.1 Å². The van der Waals surface area contributed by atoms with Gasteiger partial charge in [0.15, 0.2) is 18.1 Å². The van der Waals surface area contributed by atoms with Gasteiger partial charge < -0.3 is 39.5 Å². The van der Waals surface area contributed by atoms with Crippen molar-refractivity contribution in [3.05, 3.63) is 81.3 Å². The number of aromatic nitrogens is 1. The number of piperidine rings is 1. The lowest BCUT2D eigenvalue weighted by Crippen LogP contribution is -2.58. The fourth-order valence-electron chi connectivity index (χ4n) is 5.42. The Bertz CT molecular complexity index is 1600. The van der Waals surface area contributed by atoms with Crippen molar-refractivity contribution in [3.63, 3.8) is 0 Å². The van der Waals surface area contributed by atoms with Gasteiger partial charge in [0.25, 0.3) is 11.8 Å². The molecule has 1 fully saturated rings. The first-order chi connectivity index (χ1) is 21.2. The maximum Gasteiger partial charge on any atom is 0.258 e. The normalized spacial score (nSPS) is 19.1. The van der Waals surface area contributed by atoms with Gasteiger partial charge in [0.2, 0.25) is 11.5 Å². The van der Waals surface area contributed by atoms with Crippen molar-refractivity contribution < 1.29 is 33.3 Å². The second kappa shape index (κ2) is 13.5. The Morgan fingerprint density at radius 1 is 0.955 bits per heavy atom. The highest BCUT2D eigenvalue weighted by Crippen LogP contribution is 2.30. The number of nitrogens with zero attached hydrogens (tertiary/aromatic N) is 1. The van der Waals surface area contributed by atoms with Gasteiger partial charge in [-0.25, -0.2) is 0 Å². The molecule has 3 aliphatic rings. The number of nitrogens with one attached hydrogen (secondary N) is 3. The lowest BCUT2D eigenvalue weighted by Gasteiger charge is -2.39. The molecule has 0 saturated carbocycles. The Labute approximate surface area is 254 Å². The summed E-state index contributed by atoms with van der Waals surface area (Å²) >= 11 is 0. The minimum Gasteiger partial charge on any atom is -0.496 e. The smallest absolute Gasteiger partial charge is 0.258 e. The third-order valence-electron chi connectivity index (χ3n) is 7.66. The number of carbonyl (C=O) groups excluding carboxylic acids is 3. The maximum atomic E-state index is 13.4. The summed E-state index contributed by atoms with van der Waals surface area (Å²) < 4.78 is 23.2. The molecule has 3 aliphatic heterocycles. The number of likely N-dealkylation sites (tertiary alicyclic amines) is 1. The first kappa shape index (κ1) is 30.5. The average molecular weight is 605 g/mol. The molecule has 4 heterocycles. The highest BCUT2D eigenvalue weighted by atomic mass is 16.5. The quantitative estimate of drug-likeness (QED) is 0.412. The van der Waals surface area contributed by atoms with Crippen molar-refractivity contribution in [2.45, 2.75) is 44.9 Å². The number of ether oxygens (including phenoxy) is 4. The molecule has 3 aromatic rings.